The second-order valence-electron chi connectivity index (χ2n) is 8.86. The molecule has 1 aliphatic rings. The number of fused-ring (bicyclic) bond motifs is 1. The van der Waals surface area contributed by atoms with E-state index in [-0.39, 0.29) is 17.7 Å². The number of nitrogens with one attached hydrogen (secondary N) is 1. The molecule has 38 heavy (non-hydrogen) atoms. The summed E-state index contributed by atoms with van der Waals surface area (Å²) in [6, 6.07) is 9.45. The molecule has 12 heteroatoms. The minimum atomic E-state index is -0.589. The number of aliphatic hydroxyl groups excluding tert-OH is 1. The highest BCUT2D eigenvalue weighted by Gasteiger charge is 2.36. The molecule has 0 saturated heterocycles. The van der Waals surface area contributed by atoms with Crippen molar-refractivity contribution in [1.29, 1.82) is 0 Å². The first-order valence-corrected chi connectivity index (χ1v) is 12.1. The maximum Gasteiger partial charge on any atom is 0.276 e. The van der Waals surface area contributed by atoms with Crippen LogP contribution in [0.2, 0.25) is 0 Å². The molecule has 2 heterocycles. The number of aromatic nitrogens is 2. The van der Waals surface area contributed by atoms with Gasteiger partial charge in [0.25, 0.3) is 5.91 Å². The van der Waals surface area contributed by atoms with Crippen molar-refractivity contribution in [2.24, 2.45) is 10.8 Å². The molecule has 0 saturated carbocycles. The molecule has 0 aliphatic carbocycles. The summed E-state index contributed by atoms with van der Waals surface area (Å²) in [6.07, 6.45) is 5.42. The van der Waals surface area contributed by atoms with Crippen LogP contribution in [0.25, 0.3) is 10.9 Å². The monoisotopic (exact) mass is 524 g/mol. The van der Waals surface area contributed by atoms with E-state index in [4.69, 9.17) is 20.3 Å². The first-order chi connectivity index (χ1) is 18.3. The van der Waals surface area contributed by atoms with Crippen LogP contribution in [0.15, 0.2) is 59.7 Å². The Balaban J connectivity index is 1.57. The summed E-state index contributed by atoms with van der Waals surface area (Å²) >= 11 is 0. The van der Waals surface area contributed by atoms with E-state index < -0.39 is 11.7 Å². The van der Waals surface area contributed by atoms with E-state index in [9.17, 15) is 9.18 Å². The van der Waals surface area contributed by atoms with Crippen LogP contribution in [0.3, 0.4) is 0 Å². The van der Waals surface area contributed by atoms with Crippen LogP contribution in [0, 0.1) is 5.82 Å². The lowest BCUT2D eigenvalue weighted by atomic mass is 10.2. The number of ether oxygens (including phenoxy) is 2. The molecule has 11 nitrogen and oxygen atoms in total. The summed E-state index contributed by atoms with van der Waals surface area (Å²) in [5, 5.41) is 17.4. The predicted molar refractivity (Wildman–Crippen MR) is 143 cm³/mol. The molecule has 4 N–H and O–H groups in total. The summed E-state index contributed by atoms with van der Waals surface area (Å²) in [4.78, 5) is 22.6. The number of allylic oxidation sites excluding steroid dienone is 1. The Bertz CT molecular complexity index is 1370. The molecular formula is C26H31FN7O4+. The second kappa shape index (κ2) is 11.9. The lowest BCUT2D eigenvalue weighted by Gasteiger charge is -2.23. The fourth-order valence-corrected chi connectivity index (χ4v) is 4.17. The molecule has 1 atom stereocenters. The van der Waals surface area contributed by atoms with Crippen molar-refractivity contribution >= 4 is 34.5 Å². The predicted octanol–water partition coefficient (Wildman–Crippen LogP) is 2.22. The number of methoxy groups -OCH3 is 1. The smallest absolute Gasteiger partial charge is 0.276 e. The van der Waals surface area contributed by atoms with Crippen LogP contribution in [0.5, 0.6) is 11.5 Å². The van der Waals surface area contributed by atoms with Crippen molar-refractivity contribution in [3.05, 3.63) is 60.4 Å². The largest absolute Gasteiger partial charge is 0.493 e. The third-order valence-corrected chi connectivity index (χ3v) is 6.01. The van der Waals surface area contributed by atoms with Gasteiger partial charge in [-0.05, 0) is 25.6 Å². The molecule has 0 bridgehead atoms. The van der Waals surface area contributed by atoms with Gasteiger partial charge in [-0.1, -0.05) is 11.2 Å². The van der Waals surface area contributed by atoms with Gasteiger partial charge in [0.1, 0.15) is 29.9 Å². The van der Waals surface area contributed by atoms with Gasteiger partial charge in [0, 0.05) is 36.7 Å². The molecule has 1 unspecified atom stereocenters. The molecule has 0 fully saturated rings. The van der Waals surface area contributed by atoms with Crippen molar-refractivity contribution in [2.45, 2.75) is 6.42 Å². The first kappa shape index (κ1) is 26.9. The van der Waals surface area contributed by atoms with Crippen LogP contribution in [-0.4, -0.2) is 79.1 Å². The summed E-state index contributed by atoms with van der Waals surface area (Å²) < 4.78 is 25.2. The molecule has 3 aromatic rings. The van der Waals surface area contributed by atoms with Gasteiger partial charge in [-0.3, -0.25) is 4.79 Å². The second-order valence-corrected chi connectivity index (χ2v) is 8.86. The van der Waals surface area contributed by atoms with Crippen LogP contribution in [0.4, 0.5) is 15.9 Å². The van der Waals surface area contributed by atoms with Crippen LogP contribution < -0.4 is 25.1 Å². The van der Waals surface area contributed by atoms with Gasteiger partial charge in [0.05, 0.1) is 25.8 Å². The van der Waals surface area contributed by atoms with E-state index in [1.807, 2.05) is 11.9 Å². The SMILES string of the molecule is COc1cc2c(NC3=C[N+](CC(N)=O)(c4cccc(F)c4)N=C3)ncnc2cc1OCCCN(C)CCO. The number of primary amides is 1. The molecule has 4 rings (SSSR count). The Morgan fingerprint density at radius 3 is 2.79 bits per heavy atom. The fraction of sp³-hybridized carbons (Fsp3) is 0.308. The first-order valence-electron chi connectivity index (χ1n) is 12.1. The number of benzene rings is 2. The number of nitrogens with two attached hydrogens (primary N) is 1. The average Bonchev–Trinajstić information content (AvgIpc) is 3.29. The van der Waals surface area contributed by atoms with Gasteiger partial charge < -0.3 is 30.5 Å². The maximum atomic E-state index is 14.0. The summed E-state index contributed by atoms with van der Waals surface area (Å²) in [7, 11) is 3.50. The Hall–Kier alpha value is -4.13. The quantitative estimate of drug-likeness (QED) is 0.229. The van der Waals surface area contributed by atoms with Crippen molar-refractivity contribution in [2.75, 3.05) is 52.3 Å². The zero-order valence-corrected chi connectivity index (χ0v) is 21.3. The van der Waals surface area contributed by atoms with E-state index in [0.29, 0.717) is 52.8 Å². The van der Waals surface area contributed by atoms with E-state index in [2.05, 4.69) is 20.4 Å². The van der Waals surface area contributed by atoms with Gasteiger partial charge in [-0.15, -0.1) is 4.59 Å². The summed E-state index contributed by atoms with van der Waals surface area (Å²) in [5.41, 5.74) is 7.12. The molecule has 2 aromatic carbocycles. The van der Waals surface area contributed by atoms with E-state index in [1.165, 1.54) is 18.5 Å². The molecule has 200 valence electrons. The molecular weight excluding hydrogens is 493 g/mol. The Kier molecular flexibility index (Phi) is 8.46. The molecule has 0 spiro atoms. The number of quaternary nitrogens is 1. The summed E-state index contributed by atoms with van der Waals surface area (Å²) in [6.45, 7) is 1.80. The van der Waals surface area contributed by atoms with Crippen molar-refractivity contribution in [3.8, 4) is 11.5 Å². The van der Waals surface area contributed by atoms with Crippen molar-refractivity contribution in [3.63, 3.8) is 0 Å². The lowest BCUT2D eigenvalue weighted by Crippen LogP contribution is -2.44. The highest BCUT2D eigenvalue weighted by molar-refractivity contribution is 5.96. The highest BCUT2D eigenvalue weighted by atomic mass is 19.1. The molecule has 1 aromatic heterocycles. The third kappa shape index (κ3) is 6.22. The molecule has 1 amide bonds. The molecule has 0 radical (unpaired) electrons. The number of likely N-dealkylation sites (N-methyl/N-ethyl adjacent to an activating group) is 1. The zero-order valence-electron chi connectivity index (χ0n) is 21.3. The number of hydrogen-bond donors (Lipinski definition) is 3. The van der Waals surface area contributed by atoms with Crippen molar-refractivity contribution in [1.82, 2.24) is 19.5 Å². The number of anilines is 1. The van der Waals surface area contributed by atoms with Crippen molar-refractivity contribution < 1.29 is 23.8 Å². The Morgan fingerprint density at radius 2 is 2.05 bits per heavy atom. The fourth-order valence-electron chi connectivity index (χ4n) is 4.17. The van der Waals surface area contributed by atoms with Gasteiger partial charge in [0.15, 0.2) is 29.9 Å². The number of carbonyl (C=O) groups excluding carboxylic acids is 1. The van der Waals surface area contributed by atoms with Gasteiger partial charge in [0.2, 0.25) is 0 Å². The van der Waals surface area contributed by atoms with Gasteiger partial charge in [-0.25, -0.2) is 14.4 Å². The minimum absolute atomic E-state index is 0.116. The van der Waals surface area contributed by atoms with Crippen LogP contribution in [0.1, 0.15) is 6.42 Å². The van der Waals surface area contributed by atoms with E-state index in [1.54, 1.807) is 43.8 Å². The van der Waals surface area contributed by atoms with Gasteiger partial charge >= 0.3 is 0 Å². The zero-order chi connectivity index (χ0) is 27.1. The highest BCUT2D eigenvalue weighted by Crippen LogP contribution is 2.35. The number of carbonyl (C=O) groups is 1. The maximum absolute atomic E-state index is 14.0. The van der Waals surface area contributed by atoms with Crippen LogP contribution >= 0.6 is 0 Å². The normalized spacial score (nSPS) is 16.6. The minimum Gasteiger partial charge on any atom is -0.493 e. The van der Waals surface area contributed by atoms with Gasteiger partial charge in [-0.2, -0.15) is 0 Å². The summed E-state index contributed by atoms with van der Waals surface area (Å²) in [5.74, 6) is 0.528. The number of rotatable bonds is 13. The number of amides is 1. The average molecular weight is 525 g/mol. The van der Waals surface area contributed by atoms with E-state index in [0.717, 1.165) is 13.0 Å². The number of hydrogen-bond acceptors (Lipinski definition) is 9. The van der Waals surface area contributed by atoms with E-state index >= 15 is 0 Å². The lowest BCUT2D eigenvalue weighted by molar-refractivity contribution is -0.118. The molecule has 1 aliphatic heterocycles. The standard InChI is InChI=1S/C26H30FN7O4/c1-33(8-9-35)7-4-10-38-24-13-22-21(12-23(24)37-2)26(30-17-29-22)32-19-14-31-34(15-19,16-25(28)36)20-6-3-5-18(27)11-20/h3,5-6,11-15,17,35H,4,7-10,16H2,1-2H3,(H2-,28,29,30,32,36)/p+1. The van der Waals surface area contributed by atoms with Crippen LogP contribution in [-0.2, 0) is 4.79 Å². The topological polar surface area (TPSA) is 135 Å². The number of halogens is 1. The number of nitrogens with zero attached hydrogens (tertiary/aromatic N) is 5. The Morgan fingerprint density at radius 1 is 1.21 bits per heavy atom. The number of aliphatic hydroxyl groups is 1. The Labute approximate surface area is 219 Å². The third-order valence-electron chi connectivity index (χ3n) is 6.01.